The molecule has 1 heterocycles. The molecular weight excluding hydrogens is 453 g/mol. The smallest absolute Gasteiger partial charge is 0.258 e. The normalized spacial score (nSPS) is 10.8. The number of nitrogens with one attached hydrogen (secondary N) is 2. The van der Waals surface area contributed by atoms with Crippen molar-refractivity contribution in [2.24, 2.45) is 0 Å². The average molecular weight is 470 g/mol. The van der Waals surface area contributed by atoms with Crippen LogP contribution >= 0.6 is 35.4 Å². The molecule has 5 nitrogen and oxygen atoms in total. The van der Waals surface area contributed by atoms with Gasteiger partial charge in [-0.05, 0) is 85.7 Å². The van der Waals surface area contributed by atoms with Crippen LogP contribution in [0.4, 0.5) is 5.69 Å². The summed E-state index contributed by atoms with van der Waals surface area (Å²) in [5.74, 6) is 0.0891. The molecule has 0 fully saturated rings. The van der Waals surface area contributed by atoms with Crippen LogP contribution in [0.1, 0.15) is 21.5 Å². The summed E-state index contributed by atoms with van der Waals surface area (Å²) in [5, 5.41) is 6.39. The predicted molar refractivity (Wildman–Crippen MR) is 129 cm³/mol. The maximum Gasteiger partial charge on any atom is 0.258 e. The monoisotopic (exact) mass is 469 g/mol. The number of hydrogen-bond donors (Lipinski definition) is 2. The molecule has 31 heavy (non-hydrogen) atoms. The zero-order chi connectivity index (χ0) is 22.1. The maximum atomic E-state index is 12.4. The Morgan fingerprint density at radius 3 is 2.58 bits per heavy atom. The fourth-order valence-electron chi connectivity index (χ4n) is 3.01. The third-order valence-electron chi connectivity index (χ3n) is 4.80. The number of fused-ring (bicyclic) bond motifs is 1. The Bertz CT molecular complexity index is 1330. The van der Waals surface area contributed by atoms with Crippen molar-refractivity contribution in [2.75, 3.05) is 5.32 Å². The van der Waals surface area contributed by atoms with E-state index < -0.39 is 5.91 Å². The van der Waals surface area contributed by atoms with E-state index in [1.54, 1.807) is 30.3 Å². The van der Waals surface area contributed by atoms with Gasteiger partial charge in [0.15, 0.2) is 10.7 Å². The number of aromatic nitrogens is 1. The Hall–Kier alpha value is -2.93. The lowest BCUT2D eigenvalue weighted by Gasteiger charge is -2.10. The molecule has 0 aliphatic carbocycles. The number of oxazole rings is 1. The number of thiocarbonyl (C=S) groups is 1. The van der Waals surface area contributed by atoms with E-state index in [0.717, 1.165) is 5.56 Å². The van der Waals surface area contributed by atoms with Crippen LogP contribution in [0, 0.1) is 13.8 Å². The largest absolute Gasteiger partial charge is 0.436 e. The van der Waals surface area contributed by atoms with Gasteiger partial charge in [0.05, 0.1) is 10.6 Å². The highest BCUT2D eigenvalue weighted by molar-refractivity contribution is 7.80. The van der Waals surface area contributed by atoms with E-state index in [0.29, 0.717) is 27.7 Å². The minimum atomic E-state index is -0.454. The molecule has 2 N–H and O–H groups in total. The van der Waals surface area contributed by atoms with Gasteiger partial charge in [0, 0.05) is 16.3 Å². The summed E-state index contributed by atoms with van der Waals surface area (Å²) in [4.78, 5) is 17.0. The van der Waals surface area contributed by atoms with E-state index in [2.05, 4.69) is 29.5 Å². The first-order valence-corrected chi connectivity index (χ1v) is 10.5. The first kappa shape index (κ1) is 21.3. The summed E-state index contributed by atoms with van der Waals surface area (Å²) in [5.41, 5.74) is 5.52. The number of hydrogen-bond acceptors (Lipinski definition) is 4. The molecule has 0 aliphatic rings. The van der Waals surface area contributed by atoms with Gasteiger partial charge >= 0.3 is 0 Å². The average Bonchev–Trinajstić information content (AvgIpc) is 3.15. The Labute approximate surface area is 194 Å². The Morgan fingerprint density at radius 2 is 1.81 bits per heavy atom. The zero-order valence-corrected chi connectivity index (χ0v) is 19.0. The highest BCUT2D eigenvalue weighted by Crippen LogP contribution is 2.27. The number of carbonyl (C=O) groups excluding carboxylic acids is 1. The van der Waals surface area contributed by atoms with E-state index >= 15 is 0 Å². The van der Waals surface area contributed by atoms with Crippen LogP contribution in [0.25, 0.3) is 22.6 Å². The molecule has 0 spiro atoms. The molecule has 0 unspecified atom stereocenters. The van der Waals surface area contributed by atoms with Crippen molar-refractivity contribution in [3.05, 3.63) is 81.3 Å². The molecule has 4 rings (SSSR count). The summed E-state index contributed by atoms with van der Waals surface area (Å²) < 4.78 is 5.89. The van der Waals surface area contributed by atoms with Crippen LogP contribution in [0.15, 0.2) is 59.0 Å². The first-order valence-electron chi connectivity index (χ1n) is 9.36. The molecule has 4 aromatic rings. The van der Waals surface area contributed by atoms with Crippen LogP contribution in [-0.4, -0.2) is 16.0 Å². The molecule has 156 valence electrons. The first-order chi connectivity index (χ1) is 14.8. The number of anilines is 1. The quantitative estimate of drug-likeness (QED) is 0.333. The SMILES string of the molecule is Cc1ccc(-c2nc3cc(NC(=S)NC(=O)c4cc(Cl)ccc4Cl)ccc3o2)cc1C. The zero-order valence-electron chi connectivity index (χ0n) is 16.6. The lowest BCUT2D eigenvalue weighted by Crippen LogP contribution is -2.34. The Kier molecular flexibility index (Phi) is 5.96. The van der Waals surface area contributed by atoms with Crippen LogP contribution < -0.4 is 10.6 Å². The van der Waals surface area contributed by atoms with Gasteiger partial charge in [0.25, 0.3) is 5.91 Å². The number of amides is 1. The second-order valence-electron chi connectivity index (χ2n) is 7.03. The fourth-order valence-corrected chi connectivity index (χ4v) is 3.59. The van der Waals surface area contributed by atoms with Gasteiger partial charge in [0.1, 0.15) is 5.52 Å². The van der Waals surface area contributed by atoms with Gasteiger partial charge in [-0.2, -0.15) is 0 Å². The molecule has 0 radical (unpaired) electrons. The number of nitrogens with zero attached hydrogens (tertiary/aromatic N) is 1. The van der Waals surface area contributed by atoms with Gasteiger partial charge in [-0.3, -0.25) is 10.1 Å². The van der Waals surface area contributed by atoms with Crippen LogP contribution in [-0.2, 0) is 0 Å². The van der Waals surface area contributed by atoms with Gasteiger partial charge in [-0.15, -0.1) is 0 Å². The van der Waals surface area contributed by atoms with Crippen LogP contribution in [0.2, 0.25) is 10.0 Å². The van der Waals surface area contributed by atoms with Gasteiger partial charge in [-0.1, -0.05) is 29.3 Å². The number of halogens is 2. The predicted octanol–water partition coefficient (Wildman–Crippen LogP) is 6.55. The second kappa shape index (κ2) is 8.67. The molecule has 8 heteroatoms. The number of benzene rings is 3. The van der Waals surface area contributed by atoms with E-state index in [1.165, 1.54) is 17.2 Å². The molecule has 0 atom stereocenters. The van der Waals surface area contributed by atoms with Crippen molar-refractivity contribution in [3.63, 3.8) is 0 Å². The van der Waals surface area contributed by atoms with Crippen molar-refractivity contribution in [3.8, 4) is 11.5 Å². The molecule has 0 saturated heterocycles. The molecule has 0 bridgehead atoms. The Balaban J connectivity index is 1.50. The molecule has 1 amide bonds. The van der Waals surface area contributed by atoms with Crippen molar-refractivity contribution < 1.29 is 9.21 Å². The molecular formula is C23H17Cl2N3O2S. The highest BCUT2D eigenvalue weighted by atomic mass is 35.5. The van der Waals surface area contributed by atoms with Crippen molar-refractivity contribution in [2.45, 2.75) is 13.8 Å². The van der Waals surface area contributed by atoms with E-state index in [4.69, 9.17) is 39.8 Å². The fraction of sp³-hybridized carbons (Fsp3) is 0.0870. The standard InChI is InChI=1S/C23H17Cl2N3O2S/c1-12-3-4-14(9-13(12)2)22-27-19-11-16(6-8-20(19)30-22)26-23(31)28-21(29)17-10-15(24)5-7-18(17)25/h3-11H,1-2H3,(H2,26,28,29,31). The Morgan fingerprint density at radius 1 is 1.00 bits per heavy atom. The van der Waals surface area contributed by atoms with Gasteiger partial charge in [0.2, 0.25) is 5.89 Å². The van der Waals surface area contributed by atoms with Crippen molar-refractivity contribution in [1.82, 2.24) is 10.3 Å². The number of carbonyl (C=O) groups is 1. The van der Waals surface area contributed by atoms with E-state index in [9.17, 15) is 4.79 Å². The van der Waals surface area contributed by atoms with Crippen LogP contribution in [0.5, 0.6) is 0 Å². The maximum absolute atomic E-state index is 12.4. The number of rotatable bonds is 3. The summed E-state index contributed by atoms with van der Waals surface area (Å²) in [6.07, 6.45) is 0. The second-order valence-corrected chi connectivity index (χ2v) is 8.28. The van der Waals surface area contributed by atoms with E-state index in [-0.39, 0.29) is 15.7 Å². The lowest BCUT2D eigenvalue weighted by molar-refractivity contribution is 0.0978. The minimum Gasteiger partial charge on any atom is -0.436 e. The summed E-state index contributed by atoms with van der Waals surface area (Å²) >= 11 is 17.3. The molecule has 0 saturated carbocycles. The number of aryl methyl sites for hydroxylation is 2. The van der Waals surface area contributed by atoms with Crippen molar-refractivity contribution in [1.29, 1.82) is 0 Å². The lowest BCUT2D eigenvalue weighted by atomic mass is 10.1. The third kappa shape index (κ3) is 4.71. The van der Waals surface area contributed by atoms with Gasteiger partial charge in [-0.25, -0.2) is 4.98 Å². The van der Waals surface area contributed by atoms with Gasteiger partial charge < -0.3 is 9.73 Å². The summed E-state index contributed by atoms with van der Waals surface area (Å²) in [7, 11) is 0. The van der Waals surface area contributed by atoms with Crippen molar-refractivity contribution >= 4 is 63.2 Å². The minimum absolute atomic E-state index is 0.123. The topological polar surface area (TPSA) is 67.2 Å². The summed E-state index contributed by atoms with van der Waals surface area (Å²) in [6, 6.07) is 16.1. The molecule has 3 aromatic carbocycles. The summed E-state index contributed by atoms with van der Waals surface area (Å²) in [6.45, 7) is 4.11. The molecule has 0 aliphatic heterocycles. The third-order valence-corrected chi connectivity index (χ3v) is 5.57. The highest BCUT2D eigenvalue weighted by Gasteiger charge is 2.14. The molecule has 1 aromatic heterocycles. The van der Waals surface area contributed by atoms with E-state index in [1.807, 2.05) is 18.2 Å². The van der Waals surface area contributed by atoms with Crippen LogP contribution in [0.3, 0.4) is 0 Å².